The van der Waals surface area contributed by atoms with E-state index in [-0.39, 0.29) is 5.56 Å². The molecule has 0 aliphatic heterocycles. The van der Waals surface area contributed by atoms with Gasteiger partial charge in [0.1, 0.15) is 17.3 Å². The van der Waals surface area contributed by atoms with Crippen LogP contribution in [0.2, 0.25) is 0 Å². The van der Waals surface area contributed by atoms with E-state index >= 15 is 0 Å². The van der Waals surface area contributed by atoms with Gasteiger partial charge < -0.3 is 9.47 Å². The first-order chi connectivity index (χ1) is 13.6. The molecule has 3 aromatic rings. The first-order valence-electron chi connectivity index (χ1n) is 8.43. The quantitative estimate of drug-likeness (QED) is 0.270. The molecule has 0 radical (unpaired) electrons. The van der Waals surface area contributed by atoms with Crippen LogP contribution in [0.15, 0.2) is 72.8 Å². The molecule has 0 aliphatic carbocycles. The first kappa shape index (κ1) is 18.9. The van der Waals surface area contributed by atoms with Gasteiger partial charge in [0.15, 0.2) is 0 Å². The van der Waals surface area contributed by atoms with Gasteiger partial charge in [0, 0.05) is 5.56 Å². The van der Waals surface area contributed by atoms with Crippen molar-refractivity contribution in [1.82, 2.24) is 0 Å². The number of para-hydroxylation sites is 1. The SMILES string of the molecule is COc1ccccc1/C(C#N)=C\c1ccc(OC(=O)c2cccc(F)c2)cc1. The number of carbonyl (C=O) groups is 1. The second-order valence-electron chi connectivity index (χ2n) is 5.84. The molecule has 0 N–H and O–H groups in total. The minimum atomic E-state index is -0.644. The fraction of sp³-hybridized carbons (Fsp3) is 0.0435. The van der Waals surface area contributed by atoms with Crippen molar-refractivity contribution in [2.45, 2.75) is 0 Å². The van der Waals surface area contributed by atoms with Crippen molar-refractivity contribution in [3.8, 4) is 17.6 Å². The summed E-state index contributed by atoms with van der Waals surface area (Å²) in [6.07, 6.45) is 1.72. The van der Waals surface area contributed by atoms with Crippen LogP contribution in [-0.2, 0) is 0 Å². The third-order valence-corrected chi connectivity index (χ3v) is 3.98. The van der Waals surface area contributed by atoms with Crippen LogP contribution in [0, 0.1) is 17.1 Å². The van der Waals surface area contributed by atoms with E-state index in [1.54, 1.807) is 43.5 Å². The molecule has 0 atom stereocenters. The number of rotatable bonds is 5. The van der Waals surface area contributed by atoms with Gasteiger partial charge in [-0.2, -0.15) is 5.26 Å². The molecular weight excluding hydrogens is 357 g/mol. The topological polar surface area (TPSA) is 59.3 Å². The molecule has 0 heterocycles. The van der Waals surface area contributed by atoms with Gasteiger partial charge in [-0.3, -0.25) is 0 Å². The van der Waals surface area contributed by atoms with Crippen molar-refractivity contribution in [3.63, 3.8) is 0 Å². The number of benzene rings is 3. The molecule has 138 valence electrons. The van der Waals surface area contributed by atoms with Crippen LogP contribution in [-0.4, -0.2) is 13.1 Å². The molecule has 0 unspecified atom stereocenters. The molecule has 3 aromatic carbocycles. The largest absolute Gasteiger partial charge is 0.496 e. The number of nitrogens with zero attached hydrogens (tertiary/aromatic N) is 1. The summed E-state index contributed by atoms with van der Waals surface area (Å²) in [5, 5.41) is 9.51. The molecule has 0 aromatic heterocycles. The number of allylic oxidation sites excluding steroid dienone is 1. The highest BCUT2D eigenvalue weighted by Gasteiger charge is 2.10. The third-order valence-electron chi connectivity index (χ3n) is 3.98. The molecule has 0 saturated heterocycles. The zero-order valence-corrected chi connectivity index (χ0v) is 15.1. The van der Waals surface area contributed by atoms with Crippen molar-refractivity contribution in [1.29, 1.82) is 5.26 Å². The zero-order valence-electron chi connectivity index (χ0n) is 15.1. The molecule has 5 heteroatoms. The first-order valence-corrected chi connectivity index (χ1v) is 8.43. The monoisotopic (exact) mass is 373 g/mol. The molecule has 28 heavy (non-hydrogen) atoms. The van der Waals surface area contributed by atoms with Crippen molar-refractivity contribution >= 4 is 17.6 Å². The number of hydrogen-bond donors (Lipinski definition) is 0. The number of hydrogen-bond acceptors (Lipinski definition) is 4. The Kier molecular flexibility index (Phi) is 5.83. The van der Waals surface area contributed by atoms with E-state index in [2.05, 4.69) is 6.07 Å². The number of nitriles is 1. The maximum Gasteiger partial charge on any atom is 0.343 e. The van der Waals surface area contributed by atoms with Gasteiger partial charge in [-0.15, -0.1) is 0 Å². The second kappa shape index (κ2) is 8.65. The average Bonchev–Trinajstić information content (AvgIpc) is 2.73. The lowest BCUT2D eigenvalue weighted by atomic mass is 10.0. The van der Waals surface area contributed by atoms with E-state index in [0.717, 1.165) is 11.6 Å². The molecule has 3 rings (SSSR count). The minimum Gasteiger partial charge on any atom is -0.496 e. The van der Waals surface area contributed by atoms with Gasteiger partial charge in [-0.1, -0.05) is 30.3 Å². The fourth-order valence-electron chi connectivity index (χ4n) is 2.62. The summed E-state index contributed by atoms with van der Waals surface area (Å²) in [5.41, 5.74) is 2.02. The summed E-state index contributed by atoms with van der Waals surface area (Å²) in [7, 11) is 1.55. The molecule has 0 fully saturated rings. The highest BCUT2D eigenvalue weighted by molar-refractivity contribution is 5.92. The summed E-state index contributed by atoms with van der Waals surface area (Å²) < 4.78 is 23.8. The molecule has 4 nitrogen and oxygen atoms in total. The predicted molar refractivity (Wildman–Crippen MR) is 104 cm³/mol. The average molecular weight is 373 g/mol. The Morgan fingerprint density at radius 1 is 1.04 bits per heavy atom. The number of esters is 1. The van der Waals surface area contributed by atoms with Gasteiger partial charge in [-0.25, -0.2) is 9.18 Å². The third kappa shape index (κ3) is 4.43. The highest BCUT2D eigenvalue weighted by atomic mass is 19.1. The molecular formula is C23H16FNO3. The van der Waals surface area contributed by atoms with E-state index in [4.69, 9.17) is 9.47 Å². The second-order valence-corrected chi connectivity index (χ2v) is 5.84. The molecule has 0 spiro atoms. The molecule has 0 aliphatic rings. The Labute approximate surface area is 162 Å². The Hall–Kier alpha value is -3.91. The summed E-state index contributed by atoms with van der Waals surface area (Å²) in [5.74, 6) is -0.219. The summed E-state index contributed by atoms with van der Waals surface area (Å²) >= 11 is 0. The number of ether oxygens (including phenoxy) is 2. The Morgan fingerprint density at radius 2 is 1.79 bits per heavy atom. The Morgan fingerprint density at radius 3 is 2.46 bits per heavy atom. The van der Waals surface area contributed by atoms with Gasteiger partial charge in [0.2, 0.25) is 0 Å². The van der Waals surface area contributed by atoms with Crippen molar-refractivity contribution in [2.24, 2.45) is 0 Å². The lowest BCUT2D eigenvalue weighted by Crippen LogP contribution is -2.08. The van der Waals surface area contributed by atoms with Crippen molar-refractivity contribution in [3.05, 3.63) is 95.3 Å². The molecule has 0 amide bonds. The predicted octanol–water partition coefficient (Wildman–Crippen LogP) is 5.12. The van der Waals surface area contributed by atoms with Crippen molar-refractivity contribution in [2.75, 3.05) is 7.11 Å². The van der Waals surface area contributed by atoms with Gasteiger partial charge >= 0.3 is 5.97 Å². The standard InChI is InChI=1S/C23H16FNO3/c1-27-22-8-3-2-7-21(22)18(15-25)13-16-9-11-20(12-10-16)28-23(26)17-5-4-6-19(24)14-17/h2-14H,1H3/b18-13-. The van der Waals surface area contributed by atoms with E-state index in [1.165, 1.54) is 18.2 Å². The van der Waals surface area contributed by atoms with Crippen LogP contribution in [0.4, 0.5) is 4.39 Å². The Bertz CT molecular complexity index is 1070. The molecule has 0 saturated carbocycles. The van der Waals surface area contributed by atoms with Crippen LogP contribution in [0.3, 0.4) is 0 Å². The maximum atomic E-state index is 13.2. The summed E-state index contributed by atoms with van der Waals surface area (Å²) in [4.78, 5) is 12.1. The number of carbonyl (C=O) groups excluding carboxylic acids is 1. The zero-order chi connectivity index (χ0) is 19.9. The van der Waals surface area contributed by atoms with Gasteiger partial charge in [0.05, 0.1) is 24.3 Å². The summed E-state index contributed by atoms with van der Waals surface area (Å²) in [6, 6.07) is 21.4. The van der Waals surface area contributed by atoms with Crippen LogP contribution >= 0.6 is 0 Å². The van der Waals surface area contributed by atoms with E-state index in [9.17, 15) is 14.4 Å². The fourth-order valence-corrected chi connectivity index (χ4v) is 2.62. The smallest absolute Gasteiger partial charge is 0.343 e. The lowest BCUT2D eigenvalue weighted by Gasteiger charge is -2.07. The van der Waals surface area contributed by atoms with Crippen LogP contribution in [0.1, 0.15) is 21.5 Å². The van der Waals surface area contributed by atoms with Crippen molar-refractivity contribution < 1.29 is 18.7 Å². The van der Waals surface area contributed by atoms with Crippen LogP contribution in [0.5, 0.6) is 11.5 Å². The minimum absolute atomic E-state index is 0.131. The lowest BCUT2D eigenvalue weighted by molar-refractivity contribution is 0.0734. The number of halogens is 1. The van der Waals surface area contributed by atoms with Gasteiger partial charge in [-0.05, 0) is 54.1 Å². The highest BCUT2D eigenvalue weighted by Crippen LogP contribution is 2.27. The van der Waals surface area contributed by atoms with Crippen LogP contribution in [0.25, 0.3) is 11.6 Å². The van der Waals surface area contributed by atoms with E-state index in [0.29, 0.717) is 22.6 Å². The maximum absolute atomic E-state index is 13.2. The number of methoxy groups -OCH3 is 1. The summed E-state index contributed by atoms with van der Waals surface area (Å²) in [6.45, 7) is 0. The normalized spacial score (nSPS) is 10.8. The van der Waals surface area contributed by atoms with Crippen LogP contribution < -0.4 is 9.47 Å². The van der Waals surface area contributed by atoms with E-state index < -0.39 is 11.8 Å². The molecule has 0 bridgehead atoms. The van der Waals surface area contributed by atoms with E-state index in [1.807, 2.05) is 18.2 Å². The Balaban J connectivity index is 1.79. The van der Waals surface area contributed by atoms with Gasteiger partial charge in [0.25, 0.3) is 0 Å².